The molecule has 1 atom stereocenters. The third kappa shape index (κ3) is 5.28. The monoisotopic (exact) mass is 506 g/mol. The van der Waals surface area contributed by atoms with E-state index in [9.17, 15) is 9.18 Å². The Morgan fingerprint density at radius 3 is 2.83 bits per heavy atom. The van der Waals surface area contributed by atoms with Crippen LogP contribution in [0.1, 0.15) is 64.4 Å². The Hall–Kier alpha value is -2.51. The predicted octanol–water partition coefficient (Wildman–Crippen LogP) is 5.29. The van der Waals surface area contributed by atoms with E-state index in [1.54, 1.807) is 18.0 Å². The van der Waals surface area contributed by atoms with Gasteiger partial charge in [0.2, 0.25) is 0 Å². The number of aromatic nitrogens is 3. The smallest absolute Gasteiger partial charge is 0.134 e. The molecule has 1 saturated heterocycles. The van der Waals surface area contributed by atoms with Crippen LogP contribution in [0, 0.1) is 6.92 Å². The molecule has 0 amide bonds. The van der Waals surface area contributed by atoms with Gasteiger partial charge in [0.15, 0.2) is 0 Å². The number of aryl methyl sites for hydroxylation is 4. The van der Waals surface area contributed by atoms with E-state index in [-0.39, 0.29) is 5.78 Å². The van der Waals surface area contributed by atoms with Crippen LogP contribution >= 0.6 is 11.3 Å². The minimum atomic E-state index is -0.560. The van der Waals surface area contributed by atoms with Crippen molar-refractivity contribution in [2.75, 3.05) is 13.1 Å². The SMILES string of the molecule is CCc1ccnnc1-c1cnc2c(c1CC(C)=O)CCC2.Cc1cc2c(s1)CCC(N1CC(F)C1)C2. The van der Waals surface area contributed by atoms with E-state index >= 15 is 0 Å². The number of fused-ring (bicyclic) bond motifs is 2. The van der Waals surface area contributed by atoms with Gasteiger partial charge in [0.05, 0.1) is 5.69 Å². The van der Waals surface area contributed by atoms with Gasteiger partial charge in [-0.3, -0.25) is 14.7 Å². The van der Waals surface area contributed by atoms with Crippen molar-refractivity contribution < 1.29 is 9.18 Å². The molecular formula is C29H35FN4OS. The second-order valence-corrected chi connectivity index (χ2v) is 11.7. The lowest BCUT2D eigenvalue weighted by atomic mass is 9.91. The number of hydrogen-bond donors (Lipinski definition) is 0. The molecule has 3 aliphatic rings. The van der Waals surface area contributed by atoms with Crippen LogP contribution in [-0.2, 0) is 43.3 Å². The van der Waals surface area contributed by atoms with Gasteiger partial charge in [-0.25, -0.2) is 4.39 Å². The lowest BCUT2D eigenvalue weighted by Gasteiger charge is -2.42. The third-order valence-corrected chi connectivity index (χ3v) is 8.81. The summed E-state index contributed by atoms with van der Waals surface area (Å²) >= 11 is 1.94. The molecule has 3 aromatic rings. The summed E-state index contributed by atoms with van der Waals surface area (Å²) in [5, 5.41) is 8.33. The lowest BCUT2D eigenvalue weighted by molar-refractivity contribution is -0.116. The van der Waals surface area contributed by atoms with Gasteiger partial charge in [-0.1, -0.05) is 6.92 Å². The first kappa shape index (κ1) is 25.2. The number of Topliss-reactive ketones (excluding diaryl/α,β-unsaturated/α-hetero) is 1. The molecule has 0 N–H and O–H groups in total. The molecule has 0 saturated carbocycles. The fourth-order valence-electron chi connectivity index (χ4n) is 5.82. The number of carbonyl (C=O) groups excluding carboxylic acids is 1. The zero-order chi connectivity index (χ0) is 25.2. The first-order valence-corrected chi connectivity index (χ1v) is 14.0. The van der Waals surface area contributed by atoms with Crippen molar-refractivity contribution in [1.82, 2.24) is 20.1 Å². The molecule has 5 nitrogen and oxygen atoms in total. The predicted molar refractivity (Wildman–Crippen MR) is 142 cm³/mol. The fraction of sp³-hybridized carbons (Fsp3) is 0.517. The Labute approximate surface area is 217 Å². The van der Waals surface area contributed by atoms with Gasteiger partial charge in [-0.05, 0) is 93.2 Å². The molecule has 0 spiro atoms. The molecule has 0 bridgehead atoms. The minimum Gasteiger partial charge on any atom is -0.300 e. The van der Waals surface area contributed by atoms with Crippen LogP contribution in [0.3, 0.4) is 0 Å². The standard InChI is InChI=1S/C17H19N3O.C12H16FNS/c1-3-12-7-8-19-20-17(12)15-10-18-16-6-4-5-13(16)14(15)9-11(2)21;1-8-4-9-5-11(2-3-12(9)15-8)14-6-10(13)7-14/h7-8,10H,3-6,9H2,1-2H3;4,10-11H,2-3,5-7H2,1H3. The summed E-state index contributed by atoms with van der Waals surface area (Å²) in [6, 6.07) is 4.92. The van der Waals surface area contributed by atoms with Crippen molar-refractivity contribution >= 4 is 17.1 Å². The van der Waals surface area contributed by atoms with Crippen LogP contribution in [0.4, 0.5) is 4.39 Å². The molecule has 4 heterocycles. The maximum atomic E-state index is 12.8. The second-order valence-electron chi connectivity index (χ2n) is 10.3. The van der Waals surface area contributed by atoms with Crippen LogP contribution in [0.2, 0.25) is 0 Å². The molecular weight excluding hydrogens is 471 g/mol. The van der Waals surface area contributed by atoms with E-state index in [1.807, 2.05) is 23.6 Å². The Kier molecular flexibility index (Phi) is 7.58. The molecule has 0 aromatic carbocycles. The first-order chi connectivity index (χ1) is 17.4. The Morgan fingerprint density at radius 2 is 2.08 bits per heavy atom. The molecule has 0 radical (unpaired) electrons. The van der Waals surface area contributed by atoms with Crippen molar-refractivity contribution in [2.24, 2.45) is 0 Å². The number of hydrogen-bond acceptors (Lipinski definition) is 6. The number of rotatable bonds is 5. The van der Waals surface area contributed by atoms with Crippen molar-refractivity contribution in [1.29, 1.82) is 0 Å². The Bertz CT molecular complexity index is 1250. The number of carbonyl (C=O) groups is 1. The molecule has 1 fully saturated rings. The van der Waals surface area contributed by atoms with Crippen molar-refractivity contribution in [3.63, 3.8) is 0 Å². The molecule has 1 aliphatic heterocycles. The summed E-state index contributed by atoms with van der Waals surface area (Å²) in [6.07, 6.45) is 11.1. The molecule has 7 heteroatoms. The summed E-state index contributed by atoms with van der Waals surface area (Å²) in [4.78, 5) is 21.6. The number of pyridine rings is 1. The normalized spacial score (nSPS) is 19.2. The summed E-state index contributed by atoms with van der Waals surface area (Å²) in [5.74, 6) is 0.179. The highest BCUT2D eigenvalue weighted by molar-refractivity contribution is 7.12. The number of thiophene rings is 1. The maximum Gasteiger partial charge on any atom is 0.134 e. The van der Waals surface area contributed by atoms with Gasteiger partial charge < -0.3 is 0 Å². The molecule has 36 heavy (non-hydrogen) atoms. The maximum absolute atomic E-state index is 12.8. The molecule has 6 rings (SSSR count). The summed E-state index contributed by atoms with van der Waals surface area (Å²) in [7, 11) is 0. The number of likely N-dealkylation sites (tertiary alicyclic amines) is 1. The average Bonchev–Trinajstić information content (AvgIpc) is 3.47. The van der Waals surface area contributed by atoms with Crippen molar-refractivity contribution in [3.8, 4) is 11.3 Å². The quantitative estimate of drug-likeness (QED) is 0.471. The minimum absolute atomic E-state index is 0.179. The van der Waals surface area contributed by atoms with Gasteiger partial charge >= 0.3 is 0 Å². The number of nitrogens with zero attached hydrogens (tertiary/aromatic N) is 4. The van der Waals surface area contributed by atoms with E-state index in [1.165, 1.54) is 28.8 Å². The van der Waals surface area contributed by atoms with E-state index < -0.39 is 6.17 Å². The molecule has 2 aliphatic carbocycles. The molecule has 1 unspecified atom stereocenters. The van der Waals surface area contributed by atoms with Crippen LogP contribution in [0.5, 0.6) is 0 Å². The summed E-state index contributed by atoms with van der Waals surface area (Å²) in [5.41, 5.74) is 8.05. The highest BCUT2D eigenvalue weighted by Gasteiger charge is 2.34. The van der Waals surface area contributed by atoms with E-state index in [2.05, 4.69) is 40.0 Å². The average molecular weight is 507 g/mol. The number of alkyl halides is 1. The van der Waals surface area contributed by atoms with E-state index in [0.29, 0.717) is 25.6 Å². The van der Waals surface area contributed by atoms with Gasteiger partial charge in [0, 0.05) is 59.0 Å². The van der Waals surface area contributed by atoms with Gasteiger partial charge in [-0.15, -0.1) is 11.3 Å². The Morgan fingerprint density at radius 1 is 1.25 bits per heavy atom. The van der Waals surface area contributed by atoms with Crippen LogP contribution in [0.25, 0.3) is 11.3 Å². The zero-order valence-electron chi connectivity index (χ0n) is 21.5. The highest BCUT2D eigenvalue weighted by Crippen LogP contribution is 2.34. The van der Waals surface area contributed by atoms with Crippen LogP contribution in [0.15, 0.2) is 24.5 Å². The lowest BCUT2D eigenvalue weighted by Crippen LogP contribution is -2.54. The van der Waals surface area contributed by atoms with E-state index in [4.69, 9.17) is 0 Å². The topological polar surface area (TPSA) is 59.0 Å². The zero-order valence-corrected chi connectivity index (χ0v) is 22.3. The number of halogens is 1. The molecule has 3 aromatic heterocycles. The highest BCUT2D eigenvalue weighted by atomic mass is 32.1. The largest absolute Gasteiger partial charge is 0.300 e. The second kappa shape index (κ2) is 10.9. The van der Waals surface area contributed by atoms with Crippen molar-refractivity contribution in [3.05, 3.63) is 62.2 Å². The summed E-state index contributed by atoms with van der Waals surface area (Å²) < 4.78 is 12.8. The third-order valence-electron chi connectivity index (χ3n) is 7.66. The summed E-state index contributed by atoms with van der Waals surface area (Å²) in [6.45, 7) is 7.26. The fourth-order valence-corrected chi connectivity index (χ4v) is 6.90. The number of ketones is 1. The van der Waals surface area contributed by atoms with Crippen LogP contribution in [-0.4, -0.2) is 51.2 Å². The molecule has 190 valence electrons. The Balaban J connectivity index is 0.000000156. The van der Waals surface area contributed by atoms with Crippen LogP contribution < -0.4 is 0 Å². The van der Waals surface area contributed by atoms with Gasteiger partial charge in [-0.2, -0.15) is 10.2 Å². The van der Waals surface area contributed by atoms with Crippen molar-refractivity contribution in [2.45, 2.75) is 84.4 Å². The van der Waals surface area contributed by atoms with E-state index in [0.717, 1.165) is 60.2 Å². The van der Waals surface area contributed by atoms with Gasteiger partial charge in [0.25, 0.3) is 0 Å². The van der Waals surface area contributed by atoms with Gasteiger partial charge in [0.1, 0.15) is 12.0 Å². The first-order valence-electron chi connectivity index (χ1n) is 13.2.